The molecular formula is C13H25NO3. The van der Waals surface area contributed by atoms with Crippen molar-refractivity contribution in [3.05, 3.63) is 0 Å². The molecule has 100 valence electrons. The highest BCUT2D eigenvalue weighted by molar-refractivity contribution is 5.78. The first-order valence-electron chi connectivity index (χ1n) is 6.46. The minimum atomic E-state index is -0.756. The predicted molar refractivity (Wildman–Crippen MR) is 67.1 cm³/mol. The molecule has 0 amide bonds. The van der Waals surface area contributed by atoms with Gasteiger partial charge in [-0.25, -0.2) is 0 Å². The highest BCUT2D eigenvalue weighted by Gasteiger charge is 2.42. The van der Waals surface area contributed by atoms with E-state index < -0.39 is 11.5 Å². The third kappa shape index (κ3) is 3.42. The van der Waals surface area contributed by atoms with E-state index in [1.54, 1.807) is 0 Å². The van der Waals surface area contributed by atoms with Crippen LogP contribution in [0.2, 0.25) is 0 Å². The maximum absolute atomic E-state index is 11.6. The average Bonchev–Trinajstić information content (AvgIpc) is 2.26. The van der Waals surface area contributed by atoms with Crippen LogP contribution in [0.1, 0.15) is 40.5 Å². The minimum Gasteiger partial charge on any atom is -0.480 e. The van der Waals surface area contributed by atoms with Crippen LogP contribution in [0, 0.1) is 5.92 Å². The van der Waals surface area contributed by atoms with Gasteiger partial charge in [0.15, 0.2) is 0 Å². The Hall–Kier alpha value is -0.610. The Labute approximate surface area is 104 Å². The Kier molecular flexibility index (Phi) is 4.95. The lowest BCUT2D eigenvalue weighted by atomic mass is 9.88. The van der Waals surface area contributed by atoms with Crippen molar-refractivity contribution in [1.82, 2.24) is 4.90 Å². The molecule has 0 radical (unpaired) electrons. The first-order chi connectivity index (χ1) is 7.88. The van der Waals surface area contributed by atoms with E-state index in [0.717, 1.165) is 6.42 Å². The number of hydrogen-bond donors (Lipinski definition) is 1. The van der Waals surface area contributed by atoms with Crippen LogP contribution in [0.5, 0.6) is 0 Å². The summed E-state index contributed by atoms with van der Waals surface area (Å²) in [5.74, 6) is -0.183. The molecule has 1 rings (SSSR count). The van der Waals surface area contributed by atoms with Crippen LogP contribution >= 0.6 is 0 Å². The summed E-state index contributed by atoms with van der Waals surface area (Å²) in [6.07, 6.45) is 1.64. The van der Waals surface area contributed by atoms with Gasteiger partial charge in [0.05, 0.1) is 13.2 Å². The van der Waals surface area contributed by atoms with Crippen molar-refractivity contribution in [3.63, 3.8) is 0 Å². The Morgan fingerprint density at radius 1 is 1.59 bits per heavy atom. The van der Waals surface area contributed by atoms with Crippen LogP contribution in [-0.4, -0.2) is 47.3 Å². The first kappa shape index (κ1) is 14.5. The Morgan fingerprint density at radius 2 is 2.24 bits per heavy atom. The summed E-state index contributed by atoms with van der Waals surface area (Å²) in [5.41, 5.74) is -0.756. The van der Waals surface area contributed by atoms with E-state index in [9.17, 15) is 9.90 Å². The lowest BCUT2D eigenvalue weighted by molar-refractivity contribution is -0.158. The van der Waals surface area contributed by atoms with E-state index in [4.69, 9.17) is 4.74 Å². The quantitative estimate of drug-likeness (QED) is 0.802. The summed E-state index contributed by atoms with van der Waals surface area (Å²) in [6.45, 7) is 10.1. The van der Waals surface area contributed by atoms with Gasteiger partial charge in [-0.1, -0.05) is 13.8 Å². The number of carboxylic acid groups (broad SMARTS) is 1. The van der Waals surface area contributed by atoms with Crippen LogP contribution in [-0.2, 0) is 9.53 Å². The van der Waals surface area contributed by atoms with Crippen molar-refractivity contribution in [3.8, 4) is 0 Å². The van der Waals surface area contributed by atoms with Gasteiger partial charge < -0.3 is 9.84 Å². The van der Waals surface area contributed by atoms with Crippen LogP contribution in [0.3, 0.4) is 0 Å². The molecule has 1 aliphatic rings. The molecule has 0 aromatic carbocycles. The van der Waals surface area contributed by atoms with E-state index in [1.807, 2.05) is 13.8 Å². The monoisotopic (exact) mass is 243 g/mol. The van der Waals surface area contributed by atoms with Crippen molar-refractivity contribution in [2.24, 2.45) is 5.92 Å². The summed E-state index contributed by atoms with van der Waals surface area (Å²) in [5, 5.41) is 9.53. The topological polar surface area (TPSA) is 49.8 Å². The van der Waals surface area contributed by atoms with E-state index in [1.165, 1.54) is 0 Å². The molecule has 2 unspecified atom stereocenters. The molecule has 0 bridgehead atoms. The summed E-state index contributed by atoms with van der Waals surface area (Å²) >= 11 is 0. The predicted octanol–water partition coefficient (Wildman–Crippen LogP) is 1.99. The molecule has 1 heterocycles. The molecule has 4 heteroatoms. The number of ether oxygens (including phenoxy) is 1. The summed E-state index contributed by atoms with van der Waals surface area (Å²) in [6, 6.07) is 0.178. The zero-order valence-electron chi connectivity index (χ0n) is 11.4. The number of hydrogen-bond acceptors (Lipinski definition) is 3. The van der Waals surface area contributed by atoms with Crippen LogP contribution in [0.4, 0.5) is 0 Å². The van der Waals surface area contributed by atoms with Crippen LogP contribution < -0.4 is 0 Å². The van der Waals surface area contributed by atoms with Gasteiger partial charge in [0.2, 0.25) is 0 Å². The molecule has 0 saturated carbocycles. The number of rotatable bonds is 5. The van der Waals surface area contributed by atoms with Gasteiger partial charge in [-0.2, -0.15) is 0 Å². The molecule has 17 heavy (non-hydrogen) atoms. The van der Waals surface area contributed by atoms with Crippen molar-refractivity contribution >= 4 is 5.97 Å². The van der Waals surface area contributed by atoms with Crippen molar-refractivity contribution in [2.75, 3.05) is 19.8 Å². The molecule has 0 spiro atoms. The maximum atomic E-state index is 11.6. The van der Waals surface area contributed by atoms with E-state index in [0.29, 0.717) is 32.1 Å². The first-order valence-corrected chi connectivity index (χ1v) is 6.46. The van der Waals surface area contributed by atoms with Gasteiger partial charge >= 0.3 is 5.97 Å². The zero-order valence-corrected chi connectivity index (χ0v) is 11.4. The number of morpholine rings is 1. The lowest BCUT2D eigenvalue weighted by Crippen LogP contribution is -2.60. The molecule has 0 aliphatic carbocycles. The Balaban J connectivity index is 2.78. The molecule has 4 nitrogen and oxygen atoms in total. The summed E-state index contributed by atoms with van der Waals surface area (Å²) in [7, 11) is 0. The van der Waals surface area contributed by atoms with Gasteiger partial charge in [-0.3, -0.25) is 9.69 Å². The highest BCUT2D eigenvalue weighted by Crippen LogP contribution is 2.27. The second kappa shape index (κ2) is 5.83. The SMILES string of the molecule is CC(C)CCC(C)(C(=O)O)N1CCOCC1C. The third-order valence-electron chi connectivity index (χ3n) is 3.67. The lowest BCUT2D eigenvalue weighted by Gasteiger charge is -2.44. The number of aliphatic carboxylic acids is 1. The fourth-order valence-electron chi connectivity index (χ4n) is 2.40. The van der Waals surface area contributed by atoms with Gasteiger partial charge in [0.1, 0.15) is 5.54 Å². The molecule has 1 N–H and O–H groups in total. The summed E-state index contributed by atoms with van der Waals surface area (Å²) < 4.78 is 5.38. The number of nitrogens with zero attached hydrogens (tertiary/aromatic N) is 1. The number of carboxylic acids is 1. The molecular weight excluding hydrogens is 218 g/mol. The molecule has 1 saturated heterocycles. The summed E-state index contributed by atoms with van der Waals surface area (Å²) in [4.78, 5) is 13.7. The van der Waals surface area contributed by atoms with Gasteiger partial charge in [-0.15, -0.1) is 0 Å². The Bertz CT molecular complexity index is 267. The second-order valence-corrected chi connectivity index (χ2v) is 5.63. The largest absolute Gasteiger partial charge is 0.480 e. The minimum absolute atomic E-state index is 0.178. The maximum Gasteiger partial charge on any atom is 0.323 e. The average molecular weight is 243 g/mol. The Morgan fingerprint density at radius 3 is 2.71 bits per heavy atom. The van der Waals surface area contributed by atoms with Crippen molar-refractivity contribution in [1.29, 1.82) is 0 Å². The third-order valence-corrected chi connectivity index (χ3v) is 3.67. The van der Waals surface area contributed by atoms with Crippen molar-refractivity contribution in [2.45, 2.75) is 52.1 Å². The van der Waals surface area contributed by atoms with E-state index >= 15 is 0 Å². The van der Waals surface area contributed by atoms with E-state index in [-0.39, 0.29) is 6.04 Å². The highest BCUT2D eigenvalue weighted by atomic mass is 16.5. The molecule has 1 fully saturated rings. The molecule has 1 aliphatic heterocycles. The van der Waals surface area contributed by atoms with Gasteiger partial charge in [0, 0.05) is 12.6 Å². The van der Waals surface area contributed by atoms with Crippen LogP contribution in [0.15, 0.2) is 0 Å². The standard InChI is InChI=1S/C13H25NO3/c1-10(2)5-6-13(4,12(15)16)14-7-8-17-9-11(14)3/h10-11H,5-9H2,1-4H3,(H,15,16). The van der Waals surface area contributed by atoms with E-state index in [2.05, 4.69) is 18.7 Å². The normalized spacial score (nSPS) is 25.8. The van der Waals surface area contributed by atoms with Crippen molar-refractivity contribution < 1.29 is 14.6 Å². The van der Waals surface area contributed by atoms with Crippen LogP contribution in [0.25, 0.3) is 0 Å². The number of carbonyl (C=O) groups is 1. The molecule has 0 aromatic rings. The van der Waals surface area contributed by atoms with Gasteiger partial charge in [0.25, 0.3) is 0 Å². The fourth-order valence-corrected chi connectivity index (χ4v) is 2.40. The van der Waals surface area contributed by atoms with Gasteiger partial charge in [-0.05, 0) is 32.6 Å². The molecule has 0 aromatic heterocycles. The second-order valence-electron chi connectivity index (χ2n) is 5.63. The smallest absolute Gasteiger partial charge is 0.323 e. The molecule has 2 atom stereocenters. The zero-order chi connectivity index (χ0) is 13.1. The fraction of sp³-hybridized carbons (Fsp3) is 0.923.